The van der Waals surface area contributed by atoms with Crippen LogP contribution in [0.25, 0.3) is 0 Å². The Morgan fingerprint density at radius 1 is 1.42 bits per heavy atom. The zero-order chi connectivity index (χ0) is 17.2. The Hall–Kier alpha value is -2.44. The van der Waals surface area contributed by atoms with Crippen LogP contribution in [0.2, 0.25) is 0 Å². The smallest absolute Gasteiger partial charge is 0.330 e. The summed E-state index contributed by atoms with van der Waals surface area (Å²) in [4.78, 5) is 28.1. The Kier molecular flexibility index (Phi) is 4.51. The zero-order valence-electron chi connectivity index (χ0n) is 13.7. The summed E-state index contributed by atoms with van der Waals surface area (Å²) in [6.45, 7) is 3.99. The molecule has 7 heteroatoms. The second-order valence-electron chi connectivity index (χ2n) is 6.53. The number of nitrogens with zero attached hydrogens (tertiary/aromatic N) is 3. The molecule has 2 aliphatic rings. The van der Waals surface area contributed by atoms with E-state index in [1.165, 1.54) is 17.8 Å². The lowest BCUT2D eigenvalue weighted by molar-refractivity contribution is -0.385. The number of aromatic nitrogens is 1. The number of carbonyl (C=O) groups is 1. The van der Waals surface area contributed by atoms with Gasteiger partial charge in [0.2, 0.25) is 0 Å². The first kappa shape index (κ1) is 16.4. The summed E-state index contributed by atoms with van der Waals surface area (Å²) in [6, 6.07) is 3.21. The van der Waals surface area contributed by atoms with Crippen LogP contribution in [-0.2, 0) is 9.53 Å². The average Bonchev–Trinajstić information content (AvgIpc) is 2.54. The van der Waals surface area contributed by atoms with Gasteiger partial charge in [-0.05, 0) is 44.1 Å². The minimum absolute atomic E-state index is 0.0139. The molecule has 1 saturated carbocycles. The highest BCUT2D eigenvalue weighted by Gasteiger charge is 2.43. The van der Waals surface area contributed by atoms with Crippen molar-refractivity contribution < 1.29 is 14.5 Å². The highest BCUT2D eigenvalue weighted by molar-refractivity contribution is 5.83. The summed E-state index contributed by atoms with van der Waals surface area (Å²) >= 11 is 0. The van der Waals surface area contributed by atoms with Gasteiger partial charge in [-0.25, -0.2) is 9.78 Å². The van der Waals surface area contributed by atoms with Crippen molar-refractivity contribution in [2.24, 2.45) is 5.41 Å². The van der Waals surface area contributed by atoms with Crippen molar-refractivity contribution in [3.05, 3.63) is 40.1 Å². The first-order valence-electron chi connectivity index (χ1n) is 8.23. The first-order valence-corrected chi connectivity index (χ1v) is 8.23. The lowest BCUT2D eigenvalue weighted by Crippen LogP contribution is -2.45. The van der Waals surface area contributed by atoms with E-state index >= 15 is 0 Å². The quantitative estimate of drug-likeness (QED) is 0.365. The van der Waals surface area contributed by atoms with Gasteiger partial charge in [0.15, 0.2) is 0 Å². The van der Waals surface area contributed by atoms with Gasteiger partial charge in [0.25, 0.3) is 5.69 Å². The lowest BCUT2D eigenvalue weighted by Gasteiger charge is -2.49. The number of allylic oxidation sites excluding steroid dienone is 1. The molecule has 1 aliphatic carbocycles. The maximum absolute atomic E-state index is 11.5. The van der Waals surface area contributed by atoms with Crippen LogP contribution in [0.3, 0.4) is 0 Å². The van der Waals surface area contributed by atoms with Gasteiger partial charge >= 0.3 is 5.97 Å². The van der Waals surface area contributed by atoms with Gasteiger partial charge in [0, 0.05) is 25.2 Å². The predicted octanol–water partition coefficient (Wildman–Crippen LogP) is 2.86. The molecule has 0 N–H and O–H groups in total. The number of carbonyl (C=O) groups excluding carboxylic acids is 1. The third-order valence-electron chi connectivity index (χ3n) is 4.90. The number of ether oxygens (including phenoxy) is 1. The van der Waals surface area contributed by atoms with E-state index in [-0.39, 0.29) is 11.7 Å². The summed E-state index contributed by atoms with van der Waals surface area (Å²) in [5.41, 5.74) is 1.49. The number of nitro groups is 1. The fourth-order valence-corrected chi connectivity index (χ4v) is 3.60. The highest BCUT2D eigenvalue weighted by Crippen LogP contribution is 2.52. The number of pyridine rings is 1. The van der Waals surface area contributed by atoms with E-state index in [0.717, 1.165) is 44.6 Å². The fourth-order valence-electron chi connectivity index (χ4n) is 3.60. The van der Waals surface area contributed by atoms with Gasteiger partial charge in [-0.1, -0.05) is 5.57 Å². The van der Waals surface area contributed by atoms with Crippen molar-refractivity contribution in [2.75, 3.05) is 24.6 Å². The molecule has 1 spiro atoms. The molecular formula is C17H21N3O4. The molecule has 7 nitrogen and oxygen atoms in total. The SMILES string of the molecule is CCOC(=O)C=C1CC2(CCN(c3ccc([N+](=O)[O-])cn3)CC2)C1. The molecule has 0 unspecified atom stereocenters. The van der Waals surface area contributed by atoms with Gasteiger partial charge in [0.05, 0.1) is 11.5 Å². The normalized spacial score (nSPS) is 18.9. The summed E-state index contributed by atoms with van der Waals surface area (Å²) in [6.07, 6.45) is 6.97. The topological polar surface area (TPSA) is 85.6 Å². The maximum atomic E-state index is 11.5. The van der Waals surface area contributed by atoms with Crippen molar-refractivity contribution in [2.45, 2.75) is 32.6 Å². The third-order valence-corrected chi connectivity index (χ3v) is 4.90. The van der Waals surface area contributed by atoms with Crippen LogP contribution in [0.4, 0.5) is 11.5 Å². The van der Waals surface area contributed by atoms with Crippen molar-refractivity contribution in [1.29, 1.82) is 0 Å². The fraction of sp³-hybridized carbons (Fsp3) is 0.529. The van der Waals surface area contributed by atoms with Crippen LogP contribution >= 0.6 is 0 Å². The van der Waals surface area contributed by atoms with Crippen LogP contribution in [0.5, 0.6) is 0 Å². The molecule has 1 aromatic heterocycles. The average molecular weight is 331 g/mol. The van der Waals surface area contributed by atoms with Crippen LogP contribution in [-0.4, -0.2) is 35.6 Å². The molecule has 2 heterocycles. The number of hydrogen-bond donors (Lipinski definition) is 0. The van der Waals surface area contributed by atoms with Crippen molar-refractivity contribution in [3.63, 3.8) is 0 Å². The van der Waals surface area contributed by atoms with E-state index in [4.69, 9.17) is 4.74 Å². The van der Waals surface area contributed by atoms with Crippen LogP contribution in [0.15, 0.2) is 30.0 Å². The molecule has 1 aromatic rings. The molecule has 0 radical (unpaired) electrons. The predicted molar refractivity (Wildman–Crippen MR) is 88.7 cm³/mol. The Bertz CT molecular complexity index is 651. The minimum atomic E-state index is -0.437. The molecular weight excluding hydrogens is 310 g/mol. The van der Waals surface area contributed by atoms with E-state index in [1.807, 2.05) is 0 Å². The molecule has 0 amide bonds. The van der Waals surface area contributed by atoms with Crippen LogP contribution < -0.4 is 4.90 Å². The minimum Gasteiger partial charge on any atom is -0.463 e. The lowest BCUT2D eigenvalue weighted by atomic mass is 9.60. The number of esters is 1. The second-order valence-corrected chi connectivity index (χ2v) is 6.53. The third kappa shape index (κ3) is 3.39. The zero-order valence-corrected chi connectivity index (χ0v) is 13.7. The number of piperidine rings is 1. The maximum Gasteiger partial charge on any atom is 0.330 e. The molecule has 0 aromatic carbocycles. The van der Waals surface area contributed by atoms with Gasteiger partial charge in [-0.15, -0.1) is 0 Å². The van der Waals surface area contributed by atoms with E-state index in [9.17, 15) is 14.9 Å². The van der Waals surface area contributed by atoms with E-state index in [0.29, 0.717) is 12.0 Å². The molecule has 128 valence electrons. The monoisotopic (exact) mass is 331 g/mol. The molecule has 24 heavy (non-hydrogen) atoms. The summed E-state index contributed by atoms with van der Waals surface area (Å²) in [5, 5.41) is 10.7. The molecule has 0 atom stereocenters. The molecule has 2 fully saturated rings. The van der Waals surface area contributed by atoms with Crippen molar-refractivity contribution >= 4 is 17.5 Å². The van der Waals surface area contributed by atoms with E-state index in [2.05, 4.69) is 9.88 Å². The number of hydrogen-bond acceptors (Lipinski definition) is 6. The Morgan fingerprint density at radius 2 is 2.12 bits per heavy atom. The number of rotatable bonds is 4. The Labute approximate surface area is 140 Å². The van der Waals surface area contributed by atoms with Gasteiger partial charge in [0.1, 0.15) is 12.0 Å². The summed E-state index contributed by atoms with van der Waals surface area (Å²) < 4.78 is 4.95. The second kappa shape index (κ2) is 6.59. The molecule has 0 bridgehead atoms. The van der Waals surface area contributed by atoms with Gasteiger partial charge < -0.3 is 9.64 Å². The highest BCUT2D eigenvalue weighted by atomic mass is 16.6. The Balaban J connectivity index is 1.53. The van der Waals surface area contributed by atoms with Gasteiger partial charge in [-0.3, -0.25) is 10.1 Å². The van der Waals surface area contributed by atoms with Crippen molar-refractivity contribution in [3.8, 4) is 0 Å². The van der Waals surface area contributed by atoms with Gasteiger partial charge in [-0.2, -0.15) is 0 Å². The molecule has 1 saturated heterocycles. The standard InChI is InChI=1S/C17H21N3O4/c1-2-24-16(21)9-13-10-17(11-13)5-7-19(8-6-17)15-4-3-14(12-18-15)20(22)23/h3-4,9,12H,2,5-8,10-11H2,1H3. The first-order chi connectivity index (χ1) is 11.5. The van der Waals surface area contributed by atoms with Crippen molar-refractivity contribution in [1.82, 2.24) is 4.98 Å². The largest absolute Gasteiger partial charge is 0.463 e. The van der Waals surface area contributed by atoms with E-state index in [1.54, 1.807) is 19.1 Å². The summed E-state index contributed by atoms with van der Waals surface area (Å²) in [7, 11) is 0. The summed E-state index contributed by atoms with van der Waals surface area (Å²) in [5.74, 6) is 0.548. The number of anilines is 1. The van der Waals surface area contributed by atoms with Crippen LogP contribution in [0.1, 0.15) is 32.6 Å². The van der Waals surface area contributed by atoms with Crippen LogP contribution in [0, 0.1) is 15.5 Å². The Morgan fingerprint density at radius 3 is 2.67 bits per heavy atom. The molecule has 1 aliphatic heterocycles. The van der Waals surface area contributed by atoms with E-state index < -0.39 is 4.92 Å². The molecule has 3 rings (SSSR count).